The molecule has 0 aliphatic heterocycles. The number of halogens is 2. The van der Waals surface area contributed by atoms with Gasteiger partial charge in [0.25, 0.3) is 0 Å². The molecule has 0 fully saturated rings. The quantitative estimate of drug-likeness (QED) is 0.655. The Bertz CT molecular complexity index is 809. The van der Waals surface area contributed by atoms with E-state index in [9.17, 15) is 4.39 Å². The van der Waals surface area contributed by atoms with Gasteiger partial charge in [0.2, 0.25) is 0 Å². The van der Waals surface area contributed by atoms with E-state index in [1.54, 1.807) is 24.7 Å². The monoisotopic (exact) mass is 349 g/mol. The predicted molar refractivity (Wildman–Crippen MR) is 87.7 cm³/mol. The van der Waals surface area contributed by atoms with Crippen molar-refractivity contribution in [3.8, 4) is 11.5 Å². The van der Waals surface area contributed by atoms with Crippen LogP contribution in [0.25, 0.3) is 11.5 Å². The Morgan fingerprint density at radius 3 is 2.83 bits per heavy atom. The second-order valence-electron chi connectivity index (χ2n) is 4.67. The minimum absolute atomic E-state index is 0.342. The Morgan fingerprint density at radius 1 is 1.26 bits per heavy atom. The van der Waals surface area contributed by atoms with Crippen molar-refractivity contribution < 1.29 is 4.39 Å². The summed E-state index contributed by atoms with van der Waals surface area (Å²) in [6.07, 6.45) is 4.89. The fraction of sp³-hybridized carbons (Fsp3) is 0.200. The van der Waals surface area contributed by atoms with Gasteiger partial charge < -0.3 is 4.57 Å². The minimum Gasteiger partial charge on any atom is -0.301 e. The van der Waals surface area contributed by atoms with E-state index in [-0.39, 0.29) is 5.82 Å². The largest absolute Gasteiger partial charge is 0.301 e. The number of nitrogens with zero attached hydrogens (tertiary/aromatic N) is 5. The molecular formula is C15H13ClFN5S. The lowest BCUT2D eigenvalue weighted by Crippen LogP contribution is -2.01. The summed E-state index contributed by atoms with van der Waals surface area (Å²) in [6.45, 7) is 2.72. The highest BCUT2D eigenvalue weighted by Gasteiger charge is 2.14. The summed E-state index contributed by atoms with van der Waals surface area (Å²) in [5.41, 5.74) is 1.53. The maximum absolute atomic E-state index is 13.1. The molecule has 3 rings (SSSR count). The number of aromatic nitrogens is 5. The molecule has 1 aromatic carbocycles. The topological polar surface area (TPSA) is 56.5 Å². The molecular weight excluding hydrogens is 337 g/mol. The zero-order valence-electron chi connectivity index (χ0n) is 12.3. The van der Waals surface area contributed by atoms with E-state index in [0.717, 1.165) is 10.7 Å². The van der Waals surface area contributed by atoms with Crippen LogP contribution in [0.15, 0.2) is 41.9 Å². The lowest BCUT2D eigenvalue weighted by molar-refractivity contribution is 0.627. The number of benzene rings is 1. The summed E-state index contributed by atoms with van der Waals surface area (Å²) in [7, 11) is 0. The summed E-state index contributed by atoms with van der Waals surface area (Å²) in [6, 6.07) is 4.39. The van der Waals surface area contributed by atoms with Crippen LogP contribution in [0.3, 0.4) is 0 Å². The number of hydrogen-bond donors (Lipinski definition) is 0. The van der Waals surface area contributed by atoms with Crippen LogP contribution in [0.1, 0.15) is 12.5 Å². The first-order valence-electron chi connectivity index (χ1n) is 6.95. The number of thioether (sulfide) groups is 1. The Hall–Kier alpha value is -1.99. The van der Waals surface area contributed by atoms with Gasteiger partial charge in [0.1, 0.15) is 11.5 Å². The third-order valence-corrected chi connectivity index (χ3v) is 4.56. The van der Waals surface area contributed by atoms with Gasteiger partial charge in [-0.1, -0.05) is 29.4 Å². The van der Waals surface area contributed by atoms with E-state index in [4.69, 9.17) is 11.6 Å². The van der Waals surface area contributed by atoms with Crippen LogP contribution >= 0.6 is 23.4 Å². The molecule has 5 nitrogen and oxygen atoms in total. The van der Waals surface area contributed by atoms with Crippen LogP contribution in [-0.2, 0) is 12.3 Å². The molecule has 0 radical (unpaired) electrons. The van der Waals surface area contributed by atoms with Gasteiger partial charge in [-0.2, -0.15) is 0 Å². The molecule has 8 heteroatoms. The van der Waals surface area contributed by atoms with Crippen molar-refractivity contribution in [2.24, 2.45) is 0 Å². The average molecular weight is 350 g/mol. The van der Waals surface area contributed by atoms with Crippen LogP contribution in [0, 0.1) is 5.82 Å². The van der Waals surface area contributed by atoms with E-state index >= 15 is 0 Å². The summed E-state index contributed by atoms with van der Waals surface area (Å²) in [5.74, 6) is 0.913. The van der Waals surface area contributed by atoms with Crippen LogP contribution in [0.5, 0.6) is 0 Å². The third kappa shape index (κ3) is 3.51. The molecule has 23 heavy (non-hydrogen) atoms. The van der Waals surface area contributed by atoms with Gasteiger partial charge in [-0.25, -0.2) is 9.37 Å². The SMILES string of the molecule is CCn1c(SCc2ccc(F)cc2Cl)nnc1-c1cnccn1. The second kappa shape index (κ2) is 7.06. The van der Waals surface area contributed by atoms with Gasteiger partial charge in [0.05, 0.1) is 6.20 Å². The highest BCUT2D eigenvalue weighted by molar-refractivity contribution is 7.98. The molecule has 2 aromatic heterocycles. The zero-order chi connectivity index (χ0) is 16.2. The highest BCUT2D eigenvalue weighted by Crippen LogP contribution is 2.28. The van der Waals surface area contributed by atoms with Crippen molar-refractivity contribution in [1.29, 1.82) is 0 Å². The smallest absolute Gasteiger partial charge is 0.191 e. The predicted octanol–water partition coefficient (Wildman–Crippen LogP) is 3.84. The zero-order valence-corrected chi connectivity index (χ0v) is 13.9. The molecule has 0 spiro atoms. The number of rotatable bonds is 5. The lowest BCUT2D eigenvalue weighted by Gasteiger charge is -2.07. The van der Waals surface area contributed by atoms with Gasteiger partial charge in [-0.15, -0.1) is 10.2 Å². The van der Waals surface area contributed by atoms with E-state index in [1.165, 1.54) is 23.9 Å². The average Bonchev–Trinajstić information content (AvgIpc) is 2.98. The van der Waals surface area contributed by atoms with E-state index in [0.29, 0.717) is 28.8 Å². The van der Waals surface area contributed by atoms with Gasteiger partial charge in [-0.05, 0) is 24.6 Å². The van der Waals surface area contributed by atoms with Crippen LogP contribution in [0.4, 0.5) is 4.39 Å². The maximum Gasteiger partial charge on any atom is 0.191 e. The Morgan fingerprint density at radius 2 is 2.13 bits per heavy atom. The molecule has 0 bridgehead atoms. The molecule has 3 aromatic rings. The van der Waals surface area contributed by atoms with Crippen molar-refractivity contribution in [3.63, 3.8) is 0 Å². The molecule has 0 N–H and O–H groups in total. The van der Waals surface area contributed by atoms with Gasteiger partial charge in [0.15, 0.2) is 11.0 Å². The lowest BCUT2D eigenvalue weighted by atomic mass is 10.2. The molecule has 0 aliphatic rings. The van der Waals surface area contributed by atoms with Crippen molar-refractivity contribution in [2.75, 3.05) is 0 Å². The first-order valence-corrected chi connectivity index (χ1v) is 8.31. The van der Waals surface area contributed by atoms with Crippen molar-refractivity contribution in [1.82, 2.24) is 24.7 Å². The third-order valence-electron chi connectivity index (χ3n) is 3.20. The van der Waals surface area contributed by atoms with E-state index < -0.39 is 0 Å². The fourth-order valence-corrected chi connectivity index (χ4v) is 3.39. The number of hydrogen-bond acceptors (Lipinski definition) is 5. The first-order chi connectivity index (χ1) is 11.2. The second-order valence-corrected chi connectivity index (χ2v) is 6.02. The van der Waals surface area contributed by atoms with E-state index in [2.05, 4.69) is 20.2 Å². The summed E-state index contributed by atoms with van der Waals surface area (Å²) >= 11 is 7.55. The van der Waals surface area contributed by atoms with Crippen molar-refractivity contribution in [3.05, 3.63) is 53.2 Å². The first kappa shape index (κ1) is 15.9. The Balaban J connectivity index is 1.82. The van der Waals surface area contributed by atoms with Crippen LogP contribution < -0.4 is 0 Å². The summed E-state index contributed by atoms with van der Waals surface area (Å²) in [4.78, 5) is 8.31. The normalized spacial score (nSPS) is 10.9. The fourth-order valence-electron chi connectivity index (χ4n) is 2.07. The Labute approximate surface area is 141 Å². The van der Waals surface area contributed by atoms with Crippen molar-refractivity contribution in [2.45, 2.75) is 24.4 Å². The molecule has 0 saturated carbocycles. The summed E-state index contributed by atoms with van der Waals surface area (Å²) < 4.78 is 15.1. The van der Waals surface area contributed by atoms with Crippen LogP contribution in [-0.4, -0.2) is 24.7 Å². The minimum atomic E-state index is -0.342. The molecule has 0 saturated heterocycles. The maximum atomic E-state index is 13.1. The van der Waals surface area contributed by atoms with Crippen molar-refractivity contribution >= 4 is 23.4 Å². The molecule has 0 atom stereocenters. The summed E-state index contributed by atoms with van der Waals surface area (Å²) in [5, 5.41) is 9.59. The van der Waals surface area contributed by atoms with Gasteiger partial charge in [0, 0.05) is 29.7 Å². The molecule has 0 amide bonds. The van der Waals surface area contributed by atoms with E-state index in [1.807, 2.05) is 11.5 Å². The van der Waals surface area contributed by atoms with Crippen LogP contribution in [0.2, 0.25) is 5.02 Å². The highest BCUT2D eigenvalue weighted by atomic mass is 35.5. The molecule has 0 unspecified atom stereocenters. The van der Waals surface area contributed by atoms with Gasteiger partial charge >= 0.3 is 0 Å². The molecule has 0 aliphatic carbocycles. The Kier molecular flexibility index (Phi) is 4.88. The molecule has 2 heterocycles. The van der Waals surface area contributed by atoms with Gasteiger partial charge in [-0.3, -0.25) is 4.98 Å². The standard InChI is InChI=1S/C15H13ClFN5S/c1-2-22-14(13-8-18-5-6-19-13)20-21-15(22)23-9-10-3-4-11(17)7-12(10)16/h3-8H,2,9H2,1H3. The molecule has 118 valence electrons.